The van der Waals surface area contributed by atoms with E-state index in [9.17, 15) is 0 Å². The Bertz CT molecular complexity index is 1240. The number of rotatable bonds is 7. The fourth-order valence-electron chi connectivity index (χ4n) is 2.78. The molecule has 0 spiro atoms. The number of nitriles is 1. The number of nitrogens with zero attached hydrogens (tertiary/aromatic N) is 4. The topological polar surface area (TPSA) is 99.4 Å². The highest BCUT2D eigenvalue weighted by atomic mass is 16.5. The molecule has 8 nitrogen and oxygen atoms in total. The minimum Gasteiger partial charge on any atom is -0.424 e. The molecule has 0 fully saturated rings. The van der Waals surface area contributed by atoms with Gasteiger partial charge in [0.05, 0.1) is 0 Å². The first kappa shape index (κ1) is 23.7. The SMILES string of the molecule is N#COc1ccccc1.c1ccc(Oc2nc(Oc3ccccc3)nc(Oc3ccccc3)n2)cc1. The highest BCUT2D eigenvalue weighted by Crippen LogP contribution is 2.26. The van der Waals surface area contributed by atoms with Crippen LogP contribution < -0.4 is 18.9 Å². The van der Waals surface area contributed by atoms with Crippen molar-refractivity contribution in [2.24, 2.45) is 0 Å². The highest BCUT2D eigenvalue weighted by Gasteiger charge is 2.12. The molecule has 176 valence electrons. The van der Waals surface area contributed by atoms with E-state index in [1.54, 1.807) is 54.8 Å². The van der Waals surface area contributed by atoms with Crippen molar-refractivity contribution in [2.45, 2.75) is 0 Å². The first-order chi connectivity index (χ1) is 17.8. The number of hydrogen-bond donors (Lipinski definition) is 0. The lowest BCUT2D eigenvalue weighted by Crippen LogP contribution is -2.01. The molecular formula is C28H20N4O4. The van der Waals surface area contributed by atoms with E-state index in [4.69, 9.17) is 19.5 Å². The lowest BCUT2D eigenvalue weighted by molar-refractivity contribution is 0.362. The fraction of sp³-hybridized carbons (Fsp3) is 0. The number of hydrogen-bond acceptors (Lipinski definition) is 8. The maximum absolute atomic E-state index is 8.05. The third-order valence-corrected chi connectivity index (χ3v) is 4.34. The summed E-state index contributed by atoms with van der Waals surface area (Å²) < 4.78 is 21.6. The molecule has 0 N–H and O–H groups in total. The summed E-state index contributed by atoms with van der Waals surface area (Å²) in [6.45, 7) is 0. The van der Waals surface area contributed by atoms with Crippen molar-refractivity contribution in [2.75, 3.05) is 0 Å². The molecule has 0 amide bonds. The molecular weight excluding hydrogens is 456 g/mol. The zero-order valence-electron chi connectivity index (χ0n) is 19.0. The summed E-state index contributed by atoms with van der Waals surface area (Å²) in [5.74, 6) is 2.38. The summed E-state index contributed by atoms with van der Waals surface area (Å²) in [6.07, 6.45) is 1.58. The van der Waals surface area contributed by atoms with Gasteiger partial charge in [-0.2, -0.15) is 0 Å². The summed E-state index contributed by atoms with van der Waals surface area (Å²) >= 11 is 0. The Labute approximate surface area is 208 Å². The quantitative estimate of drug-likeness (QED) is 0.237. The number of benzene rings is 4. The van der Waals surface area contributed by atoms with E-state index >= 15 is 0 Å². The van der Waals surface area contributed by atoms with Crippen LogP contribution in [-0.4, -0.2) is 15.0 Å². The first-order valence-corrected chi connectivity index (χ1v) is 10.8. The van der Waals surface area contributed by atoms with Crippen molar-refractivity contribution in [3.05, 3.63) is 121 Å². The highest BCUT2D eigenvalue weighted by molar-refractivity contribution is 5.29. The Morgan fingerprint density at radius 3 is 0.972 bits per heavy atom. The van der Waals surface area contributed by atoms with Crippen LogP contribution >= 0.6 is 0 Å². The average Bonchev–Trinajstić information content (AvgIpc) is 2.92. The van der Waals surface area contributed by atoms with E-state index in [1.165, 1.54) is 0 Å². The van der Waals surface area contributed by atoms with E-state index in [2.05, 4.69) is 19.7 Å². The van der Waals surface area contributed by atoms with E-state index in [0.29, 0.717) is 23.0 Å². The van der Waals surface area contributed by atoms with Crippen LogP contribution in [-0.2, 0) is 0 Å². The summed E-state index contributed by atoms with van der Waals surface area (Å²) in [5, 5.41) is 8.05. The molecule has 1 heterocycles. The van der Waals surface area contributed by atoms with Crippen LogP contribution in [0.5, 0.6) is 41.0 Å². The standard InChI is InChI=1S/C21H15N3O3.C7H5NO/c1-4-10-16(11-5-1)25-19-22-20(26-17-12-6-2-7-13-17)24-21(23-19)27-18-14-8-3-9-15-18;8-6-9-7-4-2-1-3-5-7/h1-15H;1-5H. The third kappa shape index (κ3) is 7.57. The monoisotopic (exact) mass is 476 g/mol. The summed E-state index contributed by atoms with van der Waals surface area (Å²) in [5.41, 5.74) is 0. The lowest BCUT2D eigenvalue weighted by Gasteiger charge is -2.09. The van der Waals surface area contributed by atoms with Crippen LogP contribution in [0.15, 0.2) is 121 Å². The Morgan fingerprint density at radius 1 is 0.417 bits per heavy atom. The van der Waals surface area contributed by atoms with E-state index in [1.807, 2.05) is 72.8 Å². The molecule has 0 saturated heterocycles. The summed E-state index contributed by atoms with van der Waals surface area (Å²) in [4.78, 5) is 12.7. The van der Waals surface area contributed by atoms with Gasteiger partial charge in [-0.3, -0.25) is 0 Å². The van der Waals surface area contributed by atoms with E-state index < -0.39 is 0 Å². The number of para-hydroxylation sites is 4. The van der Waals surface area contributed by atoms with Gasteiger partial charge in [0.1, 0.15) is 23.0 Å². The fourth-order valence-corrected chi connectivity index (χ4v) is 2.78. The van der Waals surface area contributed by atoms with Crippen LogP contribution in [0.1, 0.15) is 0 Å². The molecule has 0 bridgehead atoms. The van der Waals surface area contributed by atoms with Gasteiger partial charge >= 0.3 is 18.0 Å². The van der Waals surface area contributed by atoms with Crippen LogP contribution in [0.2, 0.25) is 0 Å². The number of aromatic nitrogens is 3. The van der Waals surface area contributed by atoms with Crippen LogP contribution in [0, 0.1) is 11.5 Å². The molecule has 8 heteroatoms. The van der Waals surface area contributed by atoms with Crippen molar-refractivity contribution < 1.29 is 18.9 Å². The summed E-state index contributed by atoms with van der Waals surface area (Å²) in [7, 11) is 0. The molecule has 0 unspecified atom stereocenters. The second kappa shape index (κ2) is 12.7. The predicted octanol–water partition coefficient (Wildman–Crippen LogP) is 6.79. The van der Waals surface area contributed by atoms with Gasteiger partial charge in [0.15, 0.2) is 0 Å². The molecule has 0 saturated carbocycles. The third-order valence-electron chi connectivity index (χ3n) is 4.34. The molecule has 36 heavy (non-hydrogen) atoms. The molecule has 0 atom stereocenters. The van der Waals surface area contributed by atoms with E-state index in [0.717, 1.165) is 0 Å². The number of ether oxygens (including phenoxy) is 4. The Morgan fingerprint density at radius 2 is 0.694 bits per heavy atom. The van der Waals surface area contributed by atoms with Gasteiger partial charge in [0.2, 0.25) is 0 Å². The molecule has 0 aliphatic heterocycles. The van der Waals surface area contributed by atoms with Crippen LogP contribution in [0.25, 0.3) is 0 Å². The van der Waals surface area contributed by atoms with Gasteiger partial charge in [0.25, 0.3) is 6.26 Å². The maximum Gasteiger partial charge on any atom is 0.331 e. The average molecular weight is 476 g/mol. The van der Waals surface area contributed by atoms with E-state index in [-0.39, 0.29) is 18.0 Å². The zero-order valence-corrected chi connectivity index (χ0v) is 19.0. The van der Waals surface area contributed by atoms with Crippen molar-refractivity contribution in [1.82, 2.24) is 15.0 Å². The predicted molar refractivity (Wildman–Crippen MR) is 132 cm³/mol. The smallest absolute Gasteiger partial charge is 0.331 e. The molecule has 0 aliphatic rings. The molecule has 1 aromatic heterocycles. The van der Waals surface area contributed by atoms with Crippen molar-refractivity contribution in [3.8, 4) is 47.3 Å². The van der Waals surface area contributed by atoms with Gasteiger partial charge in [-0.25, -0.2) is 0 Å². The molecule has 4 aromatic carbocycles. The van der Waals surface area contributed by atoms with Crippen molar-refractivity contribution in [1.29, 1.82) is 5.26 Å². The molecule has 0 aliphatic carbocycles. The minimum atomic E-state index is 0.0769. The van der Waals surface area contributed by atoms with Gasteiger partial charge in [-0.05, 0) is 48.5 Å². The Kier molecular flexibility index (Phi) is 8.39. The second-order valence-electron chi connectivity index (χ2n) is 6.93. The molecule has 5 aromatic rings. The lowest BCUT2D eigenvalue weighted by atomic mass is 10.3. The minimum absolute atomic E-state index is 0.0769. The largest absolute Gasteiger partial charge is 0.424 e. The first-order valence-electron chi connectivity index (χ1n) is 10.8. The van der Waals surface area contributed by atoms with Crippen molar-refractivity contribution in [3.63, 3.8) is 0 Å². The Balaban J connectivity index is 0.000000286. The molecule has 0 radical (unpaired) electrons. The van der Waals surface area contributed by atoms with Crippen LogP contribution in [0.4, 0.5) is 0 Å². The molecule has 5 rings (SSSR count). The van der Waals surface area contributed by atoms with Gasteiger partial charge < -0.3 is 18.9 Å². The van der Waals surface area contributed by atoms with Gasteiger partial charge in [-0.15, -0.1) is 20.2 Å². The van der Waals surface area contributed by atoms with Crippen LogP contribution in [0.3, 0.4) is 0 Å². The van der Waals surface area contributed by atoms with Crippen molar-refractivity contribution >= 4 is 0 Å². The zero-order chi connectivity index (χ0) is 24.8. The Hall–Kier alpha value is -5.42. The summed E-state index contributed by atoms with van der Waals surface area (Å²) in [6, 6.07) is 36.9. The second-order valence-corrected chi connectivity index (χ2v) is 6.93. The van der Waals surface area contributed by atoms with Gasteiger partial charge in [0, 0.05) is 0 Å². The normalized spacial score (nSPS) is 9.64. The maximum atomic E-state index is 8.05. The van der Waals surface area contributed by atoms with Gasteiger partial charge in [-0.1, -0.05) is 72.8 Å².